The average Bonchev–Trinajstić information content (AvgIpc) is 2.19. The average molecular weight is 192 g/mol. The van der Waals surface area contributed by atoms with E-state index in [1.165, 1.54) is 17.1 Å². The number of nitrogens with one attached hydrogen (secondary N) is 1. The zero-order chi connectivity index (χ0) is 9.97. The Morgan fingerprint density at radius 3 is 2.79 bits per heavy atom. The van der Waals surface area contributed by atoms with Gasteiger partial charge in [0.15, 0.2) is 0 Å². The number of H-pyrrole nitrogens is 1. The van der Waals surface area contributed by atoms with Crippen molar-refractivity contribution >= 4 is 5.70 Å². The van der Waals surface area contributed by atoms with Crippen LogP contribution in [0.1, 0.15) is 25.7 Å². The number of hydrogen-bond donors (Lipinski definition) is 1. The van der Waals surface area contributed by atoms with Gasteiger partial charge in [-0.1, -0.05) is 6.08 Å². The highest BCUT2D eigenvalue weighted by molar-refractivity contribution is 5.45. The Hall–Kier alpha value is -1.58. The molecule has 74 valence electrons. The molecule has 0 saturated heterocycles. The first-order valence-corrected chi connectivity index (χ1v) is 4.79. The highest BCUT2D eigenvalue weighted by atomic mass is 16.2. The second-order valence-corrected chi connectivity index (χ2v) is 3.42. The van der Waals surface area contributed by atoms with E-state index in [1.54, 1.807) is 6.20 Å². The molecule has 0 atom stereocenters. The topological polar surface area (TPSA) is 54.9 Å². The van der Waals surface area contributed by atoms with E-state index in [0.717, 1.165) is 25.0 Å². The number of aromatic nitrogens is 2. The molecule has 1 N–H and O–H groups in total. The van der Waals surface area contributed by atoms with Gasteiger partial charge in [0.25, 0.3) is 5.56 Å². The number of aromatic amines is 1. The predicted octanol–water partition coefficient (Wildman–Crippen LogP) is 0.952. The van der Waals surface area contributed by atoms with Gasteiger partial charge in [0, 0.05) is 18.0 Å². The quantitative estimate of drug-likeness (QED) is 0.720. The van der Waals surface area contributed by atoms with Crippen molar-refractivity contribution < 1.29 is 0 Å². The Balaban J connectivity index is 2.46. The molecule has 0 spiro atoms. The van der Waals surface area contributed by atoms with Crippen LogP contribution in [0.3, 0.4) is 0 Å². The van der Waals surface area contributed by atoms with Crippen molar-refractivity contribution in [1.82, 2.24) is 9.55 Å². The second kappa shape index (κ2) is 3.65. The van der Waals surface area contributed by atoms with Gasteiger partial charge in [-0.05, 0) is 25.7 Å². The van der Waals surface area contributed by atoms with Crippen molar-refractivity contribution in [3.05, 3.63) is 39.2 Å². The fourth-order valence-corrected chi connectivity index (χ4v) is 1.68. The summed E-state index contributed by atoms with van der Waals surface area (Å²) in [5.74, 6) is 0. The summed E-state index contributed by atoms with van der Waals surface area (Å²) < 4.78 is 1.51. The van der Waals surface area contributed by atoms with Crippen molar-refractivity contribution in [2.24, 2.45) is 0 Å². The number of allylic oxidation sites excluding steroid dienone is 2. The summed E-state index contributed by atoms with van der Waals surface area (Å²) in [5, 5.41) is 0. The molecular formula is C10H12N2O2. The molecule has 4 nitrogen and oxygen atoms in total. The second-order valence-electron chi connectivity index (χ2n) is 3.42. The van der Waals surface area contributed by atoms with E-state index >= 15 is 0 Å². The van der Waals surface area contributed by atoms with Crippen molar-refractivity contribution in [2.75, 3.05) is 0 Å². The van der Waals surface area contributed by atoms with Crippen LogP contribution in [-0.4, -0.2) is 9.55 Å². The summed E-state index contributed by atoms with van der Waals surface area (Å²) in [7, 11) is 0. The maximum atomic E-state index is 11.4. The molecule has 0 aliphatic heterocycles. The van der Waals surface area contributed by atoms with Crippen LogP contribution in [0.5, 0.6) is 0 Å². The lowest BCUT2D eigenvalue weighted by atomic mass is 10.0. The third kappa shape index (κ3) is 1.69. The SMILES string of the molecule is O=c1ccn(C2=CCCCC2)c(=O)[nH]1. The molecular weight excluding hydrogens is 180 g/mol. The van der Waals surface area contributed by atoms with Crippen molar-refractivity contribution in [3.63, 3.8) is 0 Å². The summed E-state index contributed by atoms with van der Waals surface area (Å²) in [4.78, 5) is 24.5. The van der Waals surface area contributed by atoms with Crippen LogP contribution in [-0.2, 0) is 0 Å². The van der Waals surface area contributed by atoms with E-state index in [1.807, 2.05) is 0 Å². The van der Waals surface area contributed by atoms with Gasteiger partial charge in [-0.15, -0.1) is 0 Å². The monoisotopic (exact) mass is 192 g/mol. The number of rotatable bonds is 1. The zero-order valence-electron chi connectivity index (χ0n) is 7.82. The number of hydrogen-bond acceptors (Lipinski definition) is 2. The van der Waals surface area contributed by atoms with Crippen LogP contribution in [0.25, 0.3) is 5.70 Å². The summed E-state index contributed by atoms with van der Waals surface area (Å²) in [5.41, 5.74) is 0.311. The lowest BCUT2D eigenvalue weighted by Crippen LogP contribution is -2.28. The molecule has 1 heterocycles. The molecule has 14 heavy (non-hydrogen) atoms. The van der Waals surface area contributed by atoms with Gasteiger partial charge in [-0.25, -0.2) is 4.79 Å². The minimum absolute atomic E-state index is 0.342. The molecule has 0 amide bonds. The molecule has 0 unspecified atom stereocenters. The Morgan fingerprint density at radius 1 is 1.29 bits per heavy atom. The molecule has 0 bridgehead atoms. The van der Waals surface area contributed by atoms with E-state index in [0.29, 0.717) is 0 Å². The lowest BCUT2D eigenvalue weighted by molar-refractivity contribution is 0.706. The van der Waals surface area contributed by atoms with Crippen LogP contribution in [0.4, 0.5) is 0 Å². The van der Waals surface area contributed by atoms with E-state index in [-0.39, 0.29) is 11.2 Å². The normalized spacial score (nSPS) is 16.4. The van der Waals surface area contributed by atoms with Gasteiger partial charge in [0.2, 0.25) is 0 Å². The predicted molar refractivity (Wildman–Crippen MR) is 54.1 cm³/mol. The Labute approximate surface area is 80.9 Å². The minimum atomic E-state index is -0.345. The maximum absolute atomic E-state index is 11.4. The highest BCUT2D eigenvalue weighted by Crippen LogP contribution is 2.19. The lowest BCUT2D eigenvalue weighted by Gasteiger charge is -2.13. The van der Waals surface area contributed by atoms with Crippen molar-refractivity contribution in [2.45, 2.75) is 25.7 Å². The molecule has 1 aliphatic carbocycles. The van der Waals surface area contributed by atoms with E-state index in [2.05, 4.69) is 11.1 Å². The van der Waals surface area contributed by atoms with Gasteiger partial charge in [0.1, 0.15) is 0 Å². The molecule has 0 aromatic carbocycles. The molecule has 1 aliphatic rings. The Bertz CT molecular complexity index is 468. The molecule has 1 aromatic rings. The summed E-state index contributed by atoms with van der Waals surface area (Å²) in [6.07, 6.45) is 7.81. The standard InChI is InChI=1S/C10H12N2O2/c13-9-6-7-12(10(14)11-9)8-4-2-1-3-5-8/h4,6-7H,1-3,5H2,(H,11,13,14). The Morgan fingerprint density at radius 2 is 2.14 bits per heavy atom. The van der Waals surface area contributed by atoms with Crippen LogP contribution >= 0.6 is 0 Å². The highest BCUT2D eigenvalue weighted by Gasteiger charge is 2.06. The van der Waals surface area contributed by atoms with E-state index in [9.17, 15) is 9.59 Å². The van der Waals surface area contributed by atoms with E-state index in [4.69, 9.17) is 0 Å². The molecule has 2 rings (SSSR count). The minimum Gasteiger partial charge on any atom is -0.274 e. The zero-order valence-corrected chi connectivity index (χ0v) is 7.82. The largest absolute Gasteiger partial charge is 0.332 e. The van der Waals surface area contributed by atoms with Crippen molar-refractivity contribution in [3.8, 4) is 0 Å². The summed E-state index contributed by atoms with van der Waals surface area (Å²) in [6, 6.07) is 1.37. The van der Waals surface area contributed by atoms with Crippen LogP contribution < -0.4 is 11.2 Å². The van der Waals surface area contributed by atoms with Gasteiger partial charge >= 0.3 is 5.69 Å². The number of nitrogens with zero attached hydrogens (tertiary/aromatic N) is 1. The molecule has 0 saturated carbocycles. The van der Waals surface area contributed by atoms with Crippen molar-refractivity contribution in [1.29, 1.82) is 0 Å². The molecule has 4 heteroatoms. The molecule has 0 fully saturated rings. The van der Waals surface area contributed by atoms with Crippen LogP contribution in [0, 0.1) is 0 Å². The molecule has 1 aromatic heterocycles. The first-order chi connectivity index (χ1) is 6.77. The fraction of sp³-hybridized carbons (Fsp3) is 0.400. The first-order valence-electron chi connectivity index (χ1n) is 4.79. The fourth-order valence-electron chi connectivity index (χ4n) is 1.68. The smallest absolute Gasteiger partial charge is 0.274 e. The summed E-state index contributed by atoms with van der Waals surface area (Å²) in [6.45, 7) is 0. The van der Waals surface area contributed by atoms with Gasteiger partial charge in [-0.3, -0.25) is 14.3 Å². The van der Waals surface area contributed by atoms with Gasteiger partial charge in [-0.2, -0.15) is 0 Å². The first kappa shape index (κ1) is 8.99. The third-order valence-corrected chi connectivity index (χ3v) is 2.40. The van der Waals surface area contributed by atoms with Gasteiger partial charge in [0.05, 0.1) is 0 Å². The molecule has 0 radical (unpaired) electrons. The maximum Gasteiger partial charge on any atom is 0.332 e. The third-order valence-electron chi connectivity index (χ3n) is 2.40. The summed E-state index contributed by atoms with van der Waals surface area (Å²) >= 11 is 0. The van der Waals surface area contributed by atoms with Gasteiger partial charge < -0.3 is 0 Å². The van der Waals surface area contributed by atoms with E-state index < -0.39 is 0 Å². The van der Waals surface area contributed by atoms with Crippen LogP contribution in [0.15, 0.2) is 27.9 Å². The van der Waals surface area contributed by atoms with Crippen LogP contribution in [0.2, 0.25) is 0 Å². The Kier molecular flexibility index (Phi) is 2.35.